The fourth-order valence-electron chi connectivity index (χ4n) is 1.94. The van der Waals surface area contributed by atoms with Crippen LogP contribution in [-0.4, -0.2) is 5.17 Å². The molecular formula is C20H18ClFeN3S. The number of allylic oxidation sites excluding steroid dienone is 9. The van der Waals surface area contributed by atoms with Crippen LogP contribution in [0.4, 0.5) is 0 Å². The second-order valence-corrected chi connectivity index (χ2v) is 5.85. The van der Waals surface area contributed by atoms with Gasteiger partial charge in [-0.2, -0.15) is 5.10 Å². The van der Waals surface area contributed by atoms with Crippen LogP contribution in [0, 0.1) is 19.3 Å². The van der Waals surface area contributed by atoms with Gasteiger partial charge in [0.25, 0.3) is 0 Å². The molecule has 1 aromatic carbocycles. The molecule has 0 atom stereocenters. The molecule has 26 heavy (non-hydrogen) atoms. The molecule has 6 heteroatoms. The number of hydrazone groups is 1. The van der Waals surface area contributed by atoms with E-state index in [1.165, 1.54) is 0 Å². The van der Waals surface area contributed by atoms with Crippen LogP contribution in [-0.2, 0) is 29.7 Å². The monoisotopic (exact) mass is 423 g/mol. The van der Waals surface area contributed by atoms with Crippen molar-refractivity contribution in [1.82, 2.24) is 5.43 Å². The van der Waals surface area contributed by atoms with Crippen LogP contribution >= 0.6 is 11.6 Å². The molecule has 0 heterocycles. The zero-order chi connectivity index (χ0) is 17.9. The van der Waals surface area contributed by atoms with Gasteiger partial charge in [0.05, 0.1) is 5.70 Å². The molecule has 3 N–H and O–H groups in total. The molecule has 0 saturated carbocycles. The first-order valence-electron chi connectivity index (χ1n) is 7.61. The van der Waals surface area contributed by atoms with E-state index in [9.17, 15) is 0 Å². The number of hydrogen-bond acceptors (Lipinski definition) is 3. The van der Waals surface area contributed by atoms with Crippen molar-refractivity contribution in [2.75, 3.05) is 0 Å². The van der Waals surface area contributed by atoms with E-state index >= 15 is 0 Å². The average molecular weight is 424 g/mol. The second kappa shape index (κ2) is 12.4. The van der Waals surface area contributed by atoms with Crippen LogP contribution in [0.1, 0.15) is 5.56 Å². The zero-order valence-electron chi connectivity index (χ0n) is 13.8. The van der Waals surface area contributed by atoms with Crippen molar-refractivity contribution in [2.24, 2.45) is 10.8 Å². The molecule has 0 fully saturated rings. The smallest absolute Gasteiger partial charge is 0.741 e. The minimum absolute atomic E-state index is 0. The van der Waals surface area contributed by atoms with Crippen LogP contribution in [0.5, 0.6) is 0 Å². The van der Waals surface area contributed by atoms with Gasteiger partial charge in [0.1, 0.15) is 0 Å². The van der Waals surface area contributed by atoms with Crippen molar-refractivity contribution in [1.29, 1.82) is 0 Å². The maximum Gasteiger partial charge on any atom is 2.00 e. The molecule has 2 aliphatic rings. The molecule has 0 unspecified atom stereocenters. The molecule has 2 radical (unpaired) electrons. The molecule has 3 rings (SSSR count). The van der Waals surface area contributed by atoms with Gasteiger partial charge < -0.3 is 18.4 Å². The Balaban J connectivity index is 0.000000486. The fraction of sp³-hybridized carbons (Fsp3) is 0. The summed E-state index contributed by atoms with van der Waals surface area (Å²) in [4.78, 5) is 0. The van der Waals surface area contributed by atoms with E-state index in [0.29, 0.717) is 5.02 Å². The molecule has 0 aromatic heterocycles. The normalized spacial score (nSPS) is 15.0. The maximum atomic E-state index is 5.89. The number of nitrogens with zero attached hydrogens (tertiary/aromatic N) is 1. The van der Waals surface area contributed by atoms with Crippen LogP contribution in [0.25, 0.3) is 5.70 Å². The van der Waals surface area contributed by atoms with Crippen molar-refractivity contribution in [2.45, 2.75) is 0 Å². The second-order valence-electron chi connectivity index (χ2n) is 5.00. The molecule has 2 aliphatic carbocycles. The standard InChI is InChI=1S/C15H14ClN3S.C5H5.Fe/c16-13-8-6-12(7-9-13)14(18-19-15(17)20)10-5-11-3-1-2-4-11;1-2-4-5-3-1;/h1-10,18H,(H3,17,19,20);1-5H;/q;-1;+2/p-1/b14-10-;;. The number of benzene rings is 1. The molecule has 0 amide bonds. The fourth-order valence-corrected chi connectivity index (χ4v) is 2.11. The quantitative estimate of drug-likeness (QED) is 0.190. The van der Waals surface area contributed by atoms with E-state index in [4.69, 9.17) is 30.0 Å². The van der Waals surface area contributed by atoms with E-state index in [1.54, 1.807) is 0 Å². The third-order valence-electron chi connectivity index (χ3n) is 3.13. The topological polar surface area (TPSA) is 50.4 Å². The summed E-state index contributed by atoms with van der Waals surface area (Å²) < 4.78 is 0. The Morgan fingerprint density at radius 1 is 1.15 bits per heavy atom. The summed E-state index contributed by atoms with van der Waals surface area (Å²) in [6, 6.07) is 7.43. The molecule has 1 aromatic rings. The summed E-state index contributed by atoms with van der Waals surface area (Å²) in [5.41, 5.74) is 11.1. The van der Waals surface area contributed by atoms with Gasteiger partial charge in [-0.3, -0.25) is 5.43 Å². The van der Waals surface area contributed by atoms with Crippen molar-refractivity contribution in [3.63, 3.8) is 0 Å². The molecule has 0 aliphatic heterocycles. The number of nitrogens with two attached hydrogens (primary N) is 1. The van der Waals surface area contributed by atoms with E-state index in [1.807, 2.05) is 92.1 Å². The first-order valence-corrected chi connectivity index (χ1v) is 8.39. The van der Waals surface area contributed by atoms with Crippen LogP contribution in [0.3, 0.4) is 0 Å². The Hall–Kier alpha value is -1.91. The predicted molar refractivity (Wildman–Crippen MR) is 110 cm³/mol. The Labute approximate surface area is 176 Å². The van der Waals surface area contributed by atoms with Crippen LogP contribution < -0.4 is 11.2 Å². The van der Waals surface area contributed by atoms with Gasteiger partial charge in [-0.1, -0.05) is 54.1 Å². The zero-order valence-corrected chi connectivity index (χ0v) is 16.5. The van der Waals surface area contributed by atoms with Crippen molar-refractivity contribution < 1.29 is 17.1 Å². The van der Waals surface area contributed by atoms with Crippen molar-refractivity contribution >= 4 is 35.1 Å². The summed E-state index contributed by atoms with van der Waals surface area (Å²) in [6.07, 6.45) is 21.9. The van der Waals surface area contributed by atoms with Gasteiger partial charge in [0, 0.05) is 5.02 Å². The van der Waals surface area contributed by atoms with E-state index < -0.39 is 0 Å². The molecular weight excluding hydrogens is 406 g/mol. The molecule has 134 valence electrons. The van der Waals surface area contributed by atoms with Crippen molar-refractivity contribution in [3.8, 4) is 0 Å². The first kappa shape index (κ1) is 22.1. The third kappa shape index (κ3) is 8.45. The molecule has 0 bridgehead atoms. The van der Waals surface area contributed by atoms with E-state index in [-0.39, 0.29) is 22.2 Å². The number of amidine groups is 1. The molecule has 0 saturated heterocycles. The summed E-state index contributed by atoms with van der Waals surface area (Å²) in [5.74, 6) is 0. The molecule has 0 spiro atoms. The number of hydrogen-bond donors (Lipinski definition) is 2. The van der Waals surface area contributed by atoms with Gasteiger partial charge in [-0.25, -0.2) is 18.6 Å². The van der Waals surface area contributed by atoms with Gasteiger partial charge in [0.15, 0.2) is 0 Å². The third-order valence-corrected chi connectivity index (χ3v) is 3.47. The summed E-state index contributed by atoms with van der Waals surface area (Å²) in [7, 11) is 0. The minimum atomic E-state index is 0. The Bertz CT molecular complexity index is 723. The van der Waals surface area contributed by atoms with Gasteiger partial charge in [-0.05, 0) is 34.5 Å². The SMILES string of the molecule is N/C([S-])=N\N/C(=C\C=C1C=CC=C1)c1ccc(Cl)cc1.[CH]1[CH][CH-]C=C1.[Fe+2]. The summed E-state index contributed by atoms with van der Waals surface area (Å²) in [5, 5.41) is 4.60. The maximum absolute atomic E-state index is 5.89. The Morgan fingerprint density at radius 2 is 1.85 bits per heavy atom. The Kier molecular flexibility index (Phi) is 10.6. The molecule has 3 nitrogen and oxygen atoms in total. The van der Waals surface area contributed by atoms with Gasteiger partial charge in [-0.15, -0.1) is 12.8 Å². The van der Waals surface area contributed by atoms with Crippen LogP contribution in [0.15, 0.2) is 83.5 Å². The average Bonchev–Trinajstić information content (AvgIpc) is 3.32. The largest absolute Gasteiger partial charge is 2.00 e. The number of nitrogens with one attached hydrogen (secondary N) is 1. The van der Waals surface area contributed by atoms with Gasteiger partial charge >= 0.3 is 17.1 Å². The van der Waals surface area contributed by atoms with Crippen molar-refractivity contribution in [3.05, 3.63) is 108 Å². The van der Waals surface area contributed by atoms with E-state index in [2.05, 4.69) is 10.5 Å². The van der Waals surface area contributed by atoms with E-state index in [0.717, 1.165) is 16.8 Å². The summed E-state index contributed by atoms with van der Waals surface area (Å²) in [6.45, 7) is 0. The van der Waals surface area contributed by atoms with Gasteiger partial charge in [0.2, 0.25) is 0 Å². The van der Waals surface area contributed by atoms with Crippen LogP contribution in [0.2, 0.25) is 5.02 Å². The first-order chi connectivity index (χ1) is 12.1. The minimum Gasteiger partial charge on any atom is -0.741 e. The predicted octanol–water partition coefficient (Wildman–Crippen LogP) is 4.27. The Morgan fingerprint density at radius 3 is 2.35 bits per heavy atom. The number of rotatable bonds is 4. The number of halogens is 1. The summed E-state index contributed by atoms with van der Waals surface area (Å²) >= 11 is 10.6.